The number of nitrogens with zero attached hydrogens (tertiary/aromatic N) is 2. The van der Waals surface area contributed by atoms with Crippen LogP contribution in [-0.2, 0) is 6.54 Å². The first kappa shape index (κ1) is 16.4. The molecule has 1 aliphatic rings. The standard InChI is InChI=1S/C18H31N3/c1-4-15-9-10-16(12-19)18(11-15)21(5-2)13-17-8-6-7-14(3)20-17/h6-8,15-16,18H,4-5,9-13,19H2,1-3H3. The number of aromatic nitrogens is 1. The summed E-state index contributed by atoms with van der Waals surface area (Å²) in [5.41, 5.74) is 8.34. The van der Waals surface area contributed by atoms with Gasteiger partial charge in [-0.15, -0.1) is 0 Å². The summed E-state index contributed by atoms with van der Waals surface area (Å²) in [6.45, 7) is 9.50. The molecular weight excluding hydrogens is 258 g/mol. The normalized spacial score (nSPS) is 26.2. The van der Waals surface area contributed by atoms with E-state index in [0.717, 1.165) is 31.2 Å². The zero-order valence-electron chi connectivity index (χ0n) is 13.9. The maximum Gasteiger partial charge on any atom is 0.0547 e. The van der Waals surface area contributed by atoms with Crippen molar-refractivity contribution in [3.05, 3.63) is 29.6 Å². The van der Waals surface area contributed by atoms with Gasteiger partial charge in [0, 0.05) is 18.3 Å². The van der Waals surface area contributed by atoms with Crippen LogP contribution in [0.1, 0.15) is 50.9 Å². The highest BCUT2D eigenvalue weighted by molar-refractivity contribution is 5.10. The topological polar surface area (TPSA) is 42.1 Å². The molecule has 0 aromatic carbocycles. The molecule has 0 amide bonds. The minimum absolute atomic E-state index is 0.626. The number of nitrogens with two attached hydrogens (primary N) is 1. The number of hydrogen-bond donors (Lipinski definition) is 1. The Morgan fingerprint density at radius 2 is 2.10 bits per heavy atom. The Morgan fingerprint density at radius 1 is 1.29 bits per heavy atom. The van der Waals surface area contributed by atoms with Gasteiger partial charge in [0.05, 0.1) is 5.69 Å². The summed E-state index contributed by atoms with van der Waals surface area (Å²) in [6, 6.07) is 6.95. The Morgan fingerprint density at radius 3 is 2.71 bits per heavy atom. The lowest BCUT2D eigenvalue weighted by Gasteiger charge is -2.42. The lowest BCUT2D eigenvalue weighted by Crippen LogP contribution is -2.46. The van der Waals surface area contributed by atoms with Crippen molar-refractivity contribution in [3.8, 4) is 0 Å². The molecule has 1 saturated carbocycles. The van der Waals surface area contributed by atoms with Crippen LogP contribution in [0.15, 0.2) is 18.2 Å². The van der Waals surface area contributed by atoms with E-state index in [9.17, 15) is 0 Å². The summed E-state index contributed by atoms with van der Waals surface area (Å²) in [6.07, 6.45) is 5.25. The molecule has 3 nitrogen and oxygen atoms in total. The van der Waals surface area contributed by atoms with Crippen LogP contribution in [-0.4, -0.2) is 29.0 Å². The van der Waals surface area contributed by atoms with Crippen LogP contribution in [0.5, 0.6) is 0 Å². The van der Waals surface area contributed by atoms with Crippen molar-refractivity contribution in [2.45, 2.75) is 59.0 Å². The minimum atomic E-state index is 0.626. The fourth-order valence-electron chi connectivity index (χ4n) is 3.75. The van der Waals surface area contributed by atoms with Gasteiger partial charge in [-0.1, -0.05) is 32.8 Å². The van der Waals surface area contributed by atoms with Gasteiger partial charge < -0.3 is 5.73 Å². The molecule has 0 spiro atoms. The van der Waals surface area contributed by atoms with Crippen molar-refractivity contribution < 1.29 is 0 Å². The fraction of sp³-hybridized carbons (Fsp3) is 0.722. The average Bonchev–Trinajstić information content (AvgIpc) is 2.52. The Balaban J connectivity index is 2.10. The van der Waals surface area contributed by atoms with Gasteiger partial charge in [-0.05, 0) is 56.8 Å². The summed E-state index contributed by atoms with van der Waals surface area (Å²) < 4.78 is 0. The van der Waals surface area contributed by atoms with Crippen molar-refractivity contribution in [2.24, 2.45) is 17.6 Å². The lowest BCUT2D eigenvalue weighted by atomic mass is 9.76. The first-order chi connectivity index (χ1) is 10.2. The number of aryl methyl sites for hydroxylation is 1. The number of pyridine rings is 1. The van der Waals surface area contributed by atoms with Crippen molar-refractivity contribution in [2.75, 3.05) is 13.1 Å². The second-order valence-corrected chi connectivity index (χ2v) is 6.48. The molecule has 0 radical (unpaired) electrons. The predicted molar refractivity (Wildman–Crippen MR) is 89.0 cm³/mol. The van der Waals surface area contributed by atoms with Gasteiger partial charge in [0.1, 0.15) is 0 Å². The van der Waals surface area contributed by atoms with E-state index in [0.29, 0.717) is 12.0 Å². The van der Waals surface area contributed by atoms with Crippen LogP contribution in [0, 0.1) is 18.8 Å². The zero-order valence-corrected chi connectivity index (χ0v) is 13.9. The van der Waals surface area contributed by atoms with Gasteiger partial charge in [-0.3, -0.25) is 9.88 Å². The van der Waals surface area contributed by atoms with E-state index in [-0.39, 0.29) is 0 Å². The summed E-state index contributed by atoms with van der Waals surface area (Å²) in [7, 11) is 0. The maximum atomic E-state index is 6.05. The first-order valence-corrected chi connectivity index (χ1v) is 8.54. The van der Waals surface area contributed by atoms with E-state index in [2.05, 4.69) is 48.9 Å². The highest BCUT2D eigenvalue weighted by Gasteiger charge is 2.32. The van der Waals surface area contributed by atoms with Crippen LogP contribution < -0.4 is 5.73 Å². The van der Waals surface area contributed by atoms with Crippen LogP contribution in [0.4, 0.5) is 0 Å². The van der Waals surface area contributed by atoms with Gasteiger partial charge in [0.25, 0.3) is 0 Å². The monoisotopic (exact) mass is 289 g/mol. The smallest absolute Gasteiger partial charge is 0.0547 e. The molecule has 118 valence electrons. The number of rotatable bonds is 6. The largest absolute Gasteiger partial charge is 0.330 e. The molecule has 3 heteroatoms. The molecule has 0 aliphatic heterocycles. The summed E-state index contributed by atoms with van der Waals surface area (Å²) in [5.74, 6) is 1.52. The molecule has 3 unspecified atom stereocenters. The summed E-state index contributed by atoms with van der Waals surface area (Å²) in [5, 5.41) is 0. The van der Waals surface area contributed by atoms with Gasteiger partial charge in [0.2, 0.25) is 0 Å². The molecule has 21 heavy (non-hydrogen) atoms. The van der Waals surface area contributed by atoms with Crippen LogP contribution in [0.2, 0.25) is 0 Å². The fourth-order valence-corrected chi connectivity index (χ4v) is 3.75. The molecule has 2 N–H and O–H groups in total. The van der Waals surface area contributed by atoms with Gasteiger partial charge in [-0.2, -0.15) is 0 Å². The number of hydrogen-bond acceptors (Lipinski definition) is 3. The van der Waals surface area contributed by atoms with E-state index < -0.39 is 0 Å². The van der Waals surface area contributed by atoms with E-state index in [1.165, 1.54) is 31.4 Å². The highest BCUT2D eigenvalue weighted by Crippen LogP contribution is 2.34. The van der Waals surface area contributed by atoms with Gasteiger partial charge >= 0.3 is 0 Å². The van der Waals surface area contributed by atoms with E-state index >= 15 is 0 Å². The molecule has 3 atom stereocenters. The molecule has 2 rings (SSSR count). The third-order valence-corrected chi connectivity index (χ3v) is 5.13. The molecule has 1 aromatic heterocycles. The van der Waals surface area contributed by atoms with Crippen LogP contribution in [0.3, 0.4) is 0 Å². The Hall–Kier alpha value is -0.930. The second kappa shape index (κ2) is 7.90. The Labute approximate surface area is 129 Å². The van der Waals surface area contributed by atoms with E-state index in [1.807, 2.05) is 0 Å². The van der Waals surface area contributed by atoms with E-state index in [4.69, 9.17) is 5.73 Å². The minimum Gasteiger partial charge on any atom is -0.330 e. The summed E-state index contributed by atoms with van der Waals surface area (Å²) in [4.78, 5) is 7.27. The molecule has 0 saturated heterocycles. The average molecular weight is 289 g/mol. The molecule has 0 bridgehead atoms. The quantitative estimate of drug-likeness (QED) is 0.873. The van der Waals surface area contributed by atoms with Crippen molar-refractivity contribution >= 4 is 0 Å². The van der Waals surface area contributed by atoms with Crippen molar-refractivity contribution in [3.63, 3.8) is 0 Å². The Bertz CT molecular complexity index is 432. The second-order valence-electron chi connectivity index (χ2n) is 6.48. The molecular formula is C18H31N3. The SMILES string of the molecule is CCC1CCC(CN)C(N(CC)Cc2cccc(C)n2)C1. The summed E-state index contributed by atoms with van der Waals surface area (Å²) >= 11 is 0. The Kier molecular flexibility index (Phi) is 6.19. The maximum absolute atomic E-state index is 6.05. The lowest BCUT2D eigenvalue weighted by molar-refractivity contribution is 0.0777. The highest BCUT2D eigenvalue weighted by atomic mass is 15.2. The third kappa shape index (κ3) is 4.27. The molecule has 1 aromatic rings. The molecule has 1 heterocycles. The molecule has 1 aliphatic carbocycles. The molecule has 1 fully saturated rings. The first-order valence-electron chi connectivity index (χ1n) is 8.54. The zero-order chi connectivity index (χ0) is 15.2. The van der Waals surface area contributed by atoms with E-state index in [1.54, 1.807) is 0 Å². The van der Waals surface area contributed by atoms with Gasteiger partial charge in [-0.25, -0.2) is 0 Å². The van der Waals surface area contributed by atoms with Crippen molar-refractivity contribution in [1.82, 2.24) is 9.88 Å². The third-order valence-electron chi connectivity index (χ3n) is 5.13. The predicted octanol–water partition coefficient (Wildman–Crippen LogP) is 3.37. The van der Waals surface area contributed by atoms with Crippen LogP contribution in [0.25, 0.3) is 0 Å². The van der Waals surface area contributed by atoms with Crippen LogP contribution >= 0.6 is 0 Å². The van der Waals surface area contributed by atoms with Crippen molar-refractivity contribution in [1.29, 1.82) is 0 Å². The van der Waals surface area contributed by atoms with Gasteiger partial charge in [0.15, 0.2) is 0 Å².